The van der Waals surface area contributed by atoms with Crippen molar-refractivity contribution in [2.45, 2.75) is 33.2 Å². The summed E-state index contributed by atoms with van der Waals surface area (Å²) in [5.74, 6) is -0.422. The van der Waals surface area contributed by atoms with Gasteiger partial charge in [-0.05, 0) is 62.7 Å². The zero-order valence-electron chi connectivity index (χ0n) is 22.9. The van der Waals surface area contributed by atoms with E-state index in [4.69, 9.17) is 0 Å². The summed E-state index contributed by atoms with van der Waals surface area (Å²) < 4.78 is 0. The lowest BCUT2D eigenvalue weighted by atomic mass is 10.0. The number of nitrogens with zero attached hydrogens (tertiary/aromatic N) is 2. The quantitative estimate of drug-likeness (QED) is 0.416. The number of aromatic nitrogens is 1. The van der Waals surface area contributed by atoms with E-state index in [1.165, 1.54) is 0 Å². The molecule has 1 atom stereocenters. The van der Waals surface area contributed by atoms with Crippen LogP contribution in [0, 0.1) is 13.8 Å². The molecule has 0 spiro atoms. The molecule has 1 fully saturated rings. The van der Waals surface area contributed by atoms with Gasteiger partial charge in [0.2, 0.25) is 0 Å². The second kappa shape index (κ2) is 10.9. The zero-order valence-corrected chi connectivity index (χ0v) is 22.9. The number of rotatable bonds is 6. The molecule has 2 aromatic carbocycles. The summed E-state index contributed by atoms with van der Waals surface area (Å²) in [6, 6.07) is 15.0. The van der Waals surface area contributed by atoms with Crippen LogP contribution in [0.5, 0.6) is 0 Å². The van der Waals surface area contributed by atoms with Crippen LogP contribution in [0.3, 0.4) is 0 Å². The van der Waals surface area contributed by atoms with Gasteiger partial charge in [-0.3, -0.25) is 14.4 Å². The number of piperazine rings is 1. The number of hydrogen-bond donors (Lipinski definition) is 3. The molecule has 1 unspecified atom stereocenters. The fourth-order valence-electron chi connectivity index (χ4n) is 5.37. The highest BCUT2D eigenvalue weighted by Gasteiger charge is 2.29. The second-order valence-electron chi connectivity index (χ2n) is 10.4. The van der Waals surface area contributed by atoms with Gasteiger partial charge in [0.15, 0.2) is 0 Å². The lowest BCUT2D eigenvalue weighted by Crippen LogP contribution is -2.47. The van der Waals surface area contributed by atoms with E-state index in [2.05, 4.69) is 27.6 Å². The Hall–Kier alpha value is -4.17. The van der Waals surface area contributed by atoms with Crippen LogP contribution in [-0.4, -0.2) is 65.7 Å². The van der Waals surface area contributed by atoms with Gasteiger partial charge in [0, 0.05) is 54.4 Å². The van der Waals surface area contributed by atoms with Crippen molar-refractivity contribution in [3.05, 3.63) is 87.7 Å². The van der Waals surface area contributed by atoms with E-state index in [9.17, 15) is 14.4 Å². The molecule has 8 nitrogen and oxygen atoms in total. The van der Waals surface area contributed by atoms with Gasteiger partial charge in [0.1, 0.15) is 0 Å². The molecule has 3 heterocycles. The van der Waals surface area contributed by atoms with Crippen LogP contribution in [0.25, 0.3) is 11.6 Å². The minimum absolute atomic E-state index is 0.0122. The molecule has 39 heavy (non-hydrogen) atoms. The third-order valence-corrected chi connectivity index (χ3v) is 7.75. The molecule has 3 aromatic rings. The van der Waals surface area contributed by atoms with Crippen LogP contribution >= 0.6 is 0 Å². The minimum Gasteiger partial charge on any atom is -0.358 e. The fourth-order valence-corrected chi connectivity index (χ4v) is 5.37. The largest absolute Gasteiger partial charge is 0.358 e. The summed E-state index contributed by atoms with van der Waals surface area (Å²) in [6.45, 7) is 8.92. The van der Waals surface area contributed by atoms with Gasteiger partial charge < -0.3 is 25.4 Å². The summed E-state index contributed by atoms with van der Waals surface area (Å²) in [5, 5.41) is 6.02. The number of carbonyl (C=O) groups excluding carboxylic acids is 3. The third-order valence-electron chi connectivity index (χ3n) is 7.75. The Labute approximate surface area is 229 Å². The molecule has 5 rings (SSSR count). The number of benzene rings is 2. The number of hydrogen-bond acceptors (Lipinski definition) is 4. The highest BCUT2D eigenvalue weighted by atomic mass is 16.2. The van der Waals surface area contributed by atoms with E-state index in [1.54, 1.807) is 24.3 Å². The Morgan fingerprint density at radius 1 is 1.05 bits per heavy atom. The first kappa shape index (κ1) is 26.4. The van der Waals surface area contributed by atoms with Crippen LogP contribution in [0.4, 0.5) is 5.69 Å². The van der Waals surface area contributed by atoms with Gasteiger partial charge >= 0.3 is 0 Å². The number of fused-ring (bicyclic) bond motifs is 1. The smallest absolute Gasteiger partial charge is 0.256 e. The Morgan fingerprint density at radius 2 is 1.77 bits per heavy atom. The Balaban J connectivity index is 1.41. The fraction of sp³-hybridized carbons (Fsp3) is 0.323. The molecule has 0 radical (unpaired) electrons. The van der Waals surface area contributed by atoms with Crippen molar-refractivity contribution in [3.8, 4) is 0 Å². The minimum atomic E-state index is -0.239. The number of amides is 3. The highest BCUT2D eigenvalue weighted by Crippen LogP contribution is 2.35. The van der Waals surface area contributed by atoms with Crippen molar-refractivity contribution in [2.24, 2.45) is 0 Å². The van der Waals surface area contributed by atoms with Crippen molar-refractivity contribution in [3.63, 3.8) is 0 Å². The van der Waals surface area contributed by atoms with E-state index >= 15 is 0 Å². The molecule has 202 valence electrons. The van der Waals surface area contributed by atoms with Crippen LogP contribution < -0.4 is 10.6 Å². The zero-order chi connectivity index (χ0) is 27.7. The van der Waals surface area contributed by atoms with Gasteiger partial charge in [-0.2, -0.15) is 0 Å². The molecule has 1 saturated heterocycles. The van der Waals surface area contributed by atoms with Crippen molar-refractivity contribution in [2.75, 3.05) is 38.5 Å². The maximum Gasteiger partial charge on any atom is 0.256 e. The highest BCUT2D eigenvalue weighted by molar-refractivity contribution is 6.35. The summed E-state index contributed by atoms with van der Waals surface area (Å²) >= 11 is 0. The first-order chi connectivity index (χ1) is 18.8. The molecular weight excluding hydrogens is 490 g/mol. The maximum absolute atomic E-state index is 13.3. The molecule has 8 heteroatoms. The summed E-state index contributed by atoms with van der Waals surface area (Å²) in [7, 11) is 2.06. The van der Waals surface area contributed by atoms with Gasteiger partial charge in [-0.1, -0.05) is 37.3 Å². The number of likely N-dealkylation sites (N-methyl/N-ethyl adjacent to an activating group) is 1. The average Bonchev–Trinajstić information content (AvgIpc) is 3.41. The molecule has 2 aliphatic rings. The van der Waals surface area contributed by atoms with Crippen molar-refractivity contribution >= 4 is 35.1 Å². The Kier molecular flexibility index (Phi) is 7.39. The van der Waals surface area contributed by atoms with E-state index in [0.717, 1.165) is 36.3 Å². The van der Waals surface area contributed by atoms with Gasteiger partial charge in [0.05, 0.1) is 17.2 Å². The summed E-state index contributed by atoms with van der Waals surface area (Å²) in [5.41, 5.74) is 6.28. The summed E-state index contributed by atoms with van der Waals surface area (Å²) in [6.07, 6.45) is 2.54. The lowest BCUT2D eigenvalue weighted by Gasteiger charge is -2.32. The number of aromatic amines is 1. The Morgan fingerprint density at radius 3 is 2.46 bits per heavy atom. The maximum atomic E-state index is 13.3. The lowest BCUT2D eigenvalue weighted by molar-refractivity contribution is -0.110. The predicted molar refractivity (Wildman–Crippen MR) is 154 cm³/mol. The van der Waals surface area contributed by atoms with E-state index in [0.29, 0.717) is 46.7 Å². The number of carbonyl (C=O) groups is 3. The van der Waals surface area contributed by atoms with E-state index in [-0.39, 0.29) is 23.8 Å². The molecule has 0 saturated carbocycles. The Bertz CT molecular complexity index is 1450. The van der Waals surface area contributed by atoms with Crippen LogP contribution in [0.1, 0.15) is 68.2 Å². The van der Waals surface area contributed by atoms with E-state index in [1.807, 2.05) is 56.0 Å². The first-order valence-corrected chi connectivity index (χ1v) is 13.5. The summed E-state index contributed by atoms with van der Waals surface area (Å²) in [4.78, 5) is 46.9. The van der Waals surface area contributed by atoms with Crippen LogP contribution in [-0.2, 0) is 4.79 Å². The number of aryl methyl sites for hydroxylation is 1. The number of anilines is 1. The standard InChI is InChI=1S/C31H35N5O3/c1-5-25(21-9-7-6-8-10-21)33-29(37)22-11-12-26-23(17-22)24(30(38)34-26)18-27-19(2)28(20(3)32-27)31(39)36-15-13-35(4)14-16-36/h6-12,17-18,25,32H,5,13-16H2,1-4H3,(H,33,37)(H,34,38). The number of nitrogens with one attached hydrogen (secondary N) is 3. The molecule has 0 bridgehead atoms. The van der Waals surface area contributed by atoms with E-state index < -0.39 is 0 Å². The normalized spacial score (nSPS) is 17.2. The molecule has 2 aliphatic heterocycles. The van der Waals surface area contributed by atoms with Crippen LogP contribution in [0.2, 0.25) is 0 Å². The second-order valence-corrected chi connectivity index (χ2v) is 10.4. The molecule has 3 amide bonds. The molecule has 3 N–H and O–H groups in total. The monoisotopic (exact) mass is 525 g/mol. The predicted octanol–water partition coefficient (Wildman–Crippen LogP) is 4.39. The van der Waals surface area contributed by atoms with Crippen molar-refractivity contribution < 1.29 is 14.4 Å². The number of H-pyrrole nitrogens is 1. The van der Waals surface area contributed by atoms with Crippen LogP contribution in [0.15, 0.2) is 48.5 Å². The first-order valence-electron chi connectivity index (χ1n) is 13.5. The molecule has 0 aliphatic carbocycles. The van der Waals surface area contributed by atoms with Gasteiger partial charge in [-0.25, -0.2) is 0 Å². The van der Waals surface area contributed by atoms with Crippen molar-refractivity contribution in [1.29, 1.82) is 0 Å². The van der Waals surface area contributed by atoms with Gasteiger partial charge in [-0.15, -0.1) is 0 Å². The average molecular weight is 526 g/mol. The molecule has 1 aromatic heterocycles. The SMILES string of the molecule is CCC(NC(=O)c1ccc2c(c1)C(=Cc1[nH]c(C)c(C(=O)N3CCN(C)CC3)c1C)C(=O)N2)c1ccccc1. The van der Waals surface area contributed by atoms with Crippen molar-refractivity contribution in [1.82, 2.24) is 20.1 Å². The molecular formula is C31H35N5O3. The van der Waals surface area contributed by atoms with Gasteiger partial charge in [0.25, 0.3) is 17.7 Å². The third kappa shape index (κ3) is 5.25. The topological polar surface area (TPSA) is 97.5 Å².